The Balaban J connectivity index is 1.39. The van der Waals surface area contributed by atoms with E-state index in [0.29, 0.717) is 40.7 Å². The van der Waals surface area contributed by atoms with Crippen LogP contribution in [-0.2, 0) is 16.6 Å². The van der Waals surface area contributed by atoms with Crippen molar-refractivity contribution < 1.29 is 17.6 Å². The van der Waals surface area contributed by atoms with Crippen LogP contribution in [0.15, 0.2) is 100 Å². The number of halogens is 1. The summed E-state index contributed by atoms with van der Waals surface area (Å²) in [7, 11) is -4.04. The molecule has 0 radical (unpaired) electrons. The summed E-state index contributed by atoms with van der Waals surface area (Å²) in [6.07, 6.45) is 0. The molecule has 5 aromatic rings. The fourth-order valence-corrected chi connectivity index (χ4v) is 5.68. The molecule has 6 rings (SSSR count). The van der Waals surface area contributed by atoms with E-state index < -0.39 is 10.0 Å². The number of oxazole rings is 1. The molecular weight excluding hydrogens is 498 g/mol. The number of hydrogen-bond donors (Lipinski definition) is 1. The molecule has 0 aliphatic carbocycles. The van der Waals surface area contributed by atoms with Crippen molar-refractivity contribution in [2.45, 2.75) is 11.4 Å². The lowest BCUT2D eigenvalue weighted by Gasteiger charge is -2.20. The molecule has 1 N–H and O–H groups in total. The number of para-hydroxylation sites is 1. The second kappa shape index (κ2) is 8.89. The molecule has 1 aliphatic rings. The SMILES string of the molecule is O=S(=O)(Nc1nc2cc(Cl)ccc2o1)c1ccccc1-c1cccc2c1N(Cc1ccccc1)CO2. The summed E-state index contributed by atoms with van der Waals surface area (Å²) < 4.78 is 41.1. The number of fused-ring (bicyclic) bond motifs is 2. The van der Waals surface area contributed by atoms with E-state index >= 15 is 0 Å². The van der Waals surface area contributed by atoms with E-state index in [9.17, 15) is 8.42 Å². The van der Waals surface area contributed by atoms with Crippen molar-refractivity contribution in [1.82, 2.24) is 4.98 Å². The van der Waals surface area contributed by atoms with Gasteiger partial charge in [-0.15, -0.1) is 0 Å². The Morgan fingerprint density at radius 3 is 2.56 bits per heavy atom. The lowest BCUT2D eigenvalue weighted by molar-refractivity contribution is 0.345. The van der Waals surface area contributed by atoms with Crippen LogP contribution in [0.1, 0.15) is 5.56 Å². The van der Waals surface area contributed by atoms with E-state index in [1.807, 2.05) is 42.5 Å². The van der Waals surface area contributed by atoms with Crippen molar-refractivity contribution in [1.29, 1.82) is 0 Å². The van der Waals surface area contributed by atoms with Gasteiger partial charge in [-0.05, 0) is 35.9 Å². The first-order chi connectivity index (χ1) is 17.5. The average molecular weight is 518 g/mol. The first kappa shape index (κ1) is 22.5. The summed E-state index contributed by atoms with van der Waals surface area (Å²) in [6.45, 7) is 1.00. The normalized spacial score (nSPS) is 13.0. The molecule has 9 heteroatoms. The molecule has 0 atom stereocenters. The molecule has 36 heavy (non-hydrogen) atoms. The maximum atomic E-state index is 13.5. The molecule has 0 spiro atoms. The molecule has 0 unspecified atom stereocenters. The monoisotopic (exact) mass is 517 g/mol. The van der Waals surface area contributed by atoms with Crippen LogP contribution in [0.3, 0.4) is 0 Å². The molecule has 0 fully saturated rings. The predicted octanol–water partition coefficient (Wildman–Crippen LogP) is 6.31. The van der Waals surface area contributed by atoms with E-state index in [1.165, 1.54) is 0 Å². The molecule has 1 aromatic heterocycles. The first-order valence-electron chi connectivity index (χ1n) is 11.2. The zero-order valence-corrected chi connectivity index (χ0v) is 20.5. The molecule has 1 aliphatic heterocycles. The highest BCUT2D eigenvalue weighted by atomic mass is 35.5. The van der Waals surface area contributed by atoms with Gasteiger partial charge in [0.2, 0.25) is 0 Å². The van der Waals surface area contributed by atoms with Crippen molar-refractivity contribution in [3.05, 3.63) is 102 Å². The van der Waals surface area contributed by atoms with Crippen LogP contribution in [0.2, 0.25) is 5.02 Å². The summed E-state index contributed by atoms with van der Waals surface area (Å²) in [5, 5.41) is 0.482. The van der Waals surface area contributed by atoms with Crippen molar-refractivity contribution >= 4 is 44.4 Å². The third-order valence-electron chi connectivity index (χ3n) is 5.95. The second-order valence-electron chi connectivity index (χ2n) is 8.34. The molecule has 4 aromatic carbocycles. The van der Waals surface area contributed by atoms with Gasteiger partial charge in [0.05, 0.1) is 10.6 Å². The predicted molar refractivity (Wildman–Crippen MR) is 140 cm³/mol. The third kappa shape index (κ3) is 4.14. The Bertz CT molecular complexity index is 1690. The number of rotatable bonds is 6. The van der Waals surface area contributed by atoms with Crippen LogP contribution in [0, 0.1) is 0 Å². The zero-order valence-electron chi connectivity index (χ0n) is 18.9. The van der Waals surface area contributed by atoms with Crippen LogP contribution < -0.4 is 14.4 Å². The lowest BCUT2D eigenvalue weighted by Crippen LogP contribution is -2.22. The van der Waals surface area contributed by atoms with Gasteiger partial charge in [-0.1, -0.05) is 72.3 Å². The van der Waals surface area contributed by atoms with Gasteiger partial charge in [0.1, 0.15) is 11.3 Å². The Morgan fingerprint density at radius 2 is 1.69 bits per heavy atom. The molecule has 180 valence electrons. The van der Waals surface area contributed by atoms with Crippen LogP contribution in [0.25, 0.3) is 22.2 Å². The summed E-state index contributed by atoms with van der Waals surface area (Å²) >= 11 is 6.02. The highest BCUT2D eigenvalue weighted by Gasteiger charge is 2.28. The minimum Gasteiger partial charge on any atom is -0.471 e. The van der Waals surface area contributed by atoms with Crippen LogP contribution in [0.4, 0.5) is 11.7 Å². The Labute approximate surface area is 213 Å². The highest BCUT2D eigenvalue weighted by Crippen LogP contribution is 2.44. The van der Waals surface area contributed by atoms with Gasteiger partial charge >= 0.3 is 6.01 Å². The number of ether oxygens (including phenoxy) is 1. The number of aromatic nitrogens is 1. The van der Waals surface area contributed by atoms with Crippen LogP contribution in [0.5, 0.6) is 5.75 Å². The number of anilines is 2. The van der Waals surface area contributed by atoms with Gasteiger partial charge in [0.15, 0.2) is 12.3 Å². The molecule has 0 saturated heterocycles. The van der Waals surface area contributed by atoms with E-state index in [4.69, 9.17) is 20.8 Å². The van der Waals surface area contributed by atoms with E-state index in [0.717, 1.165) is 16.8 Å². The molecule has 0 saturated carbocycles. The summed E-state index contributed by atoms with van der Waals surface area (Å²) in [5.41, 5.74) is 4.17. The fraction of sp³-hybridized carbons (Fsp3) is 0.0741. The standard InChI is InChI=1S/C27H20ClN3O4S/c28-19-13-14-23-22(15-19)29-27(35-23)30-36(32,33)25-12-5-4-9-20(25)21-10-6-11-24-26(21)31(17-34-24)16-18-7-2-1-3-8-18/h1-15H,16-17H2,(H,29,30). The Kier molecular flexibility index (Phi) is 5.55. The van der Waals surface area contributed by atoms with Crippen molar-refractivity contribution in [2.24, 2.45) is 0 Å². The average Bonchev–Trinajstić information content (AvgIpc) is 3.47. The minimum absolute atomic E-state index is 0.102. The van der Waals surface area contributed by atoms with Gasteiger partial charge in [0, 0.05) is 22.7 Å². The second-order valence-corrected chi connectivity index (χ2v) is 10.4. The van der Waals surface area contributed by atoms with E-state index in [2.05, 4.69) is 26.7 Å². The van der Waals surface area contributed by atoms with Crippen molar-refractivity contribution in [3.63, 3.8) is 0 Å². The zero-order chi connectivity index (χ0) is 24.7. The molecule has 7 nitrogen and oxygen atoms in total. The number of hydrogen-bond acceptors (Lipinski definition) is 6. The fourth-order valence-electron chi connectivity index (χ4n) is 4.36. The van der Waals surface area contributed by atoms with Crippen molar-refractivity contribution in [3.8, 4) is 16.9 Å². The number of sulfonamides is 1. The van der Waals surface area contributed by atoms with E-state index in [-0.39, 0.29) is 10.9 Å². The summed E-state index contributed by atoms with van der Waals surface area (Å²) in [5.74, 6) is 0.708. The molecular formula is C27H20ClN3O4S. The topological polar surface area (TPSA) is 84.7 Å². The highest BCUT2D eigenvalue weighted by molar-refractivity contribution is 7.92. The summed E-state index contributed by atoms with van der Waals surface area (Å²) in [4.78, 5) is 6.43. The molecule has 0 bridgehead atoms. The molecule has 2 heterocycles. The van der Waals surface area contributed by atoms with Gasteiger partial charge in [-0.2, -0.15) is 4.98 Å². The van der Waals surface area contributed by atoms with Gasteiger partial charge in [0.25, 0.3) is 10.0 Å². The number of nitrogens with one attached hydrogen (secondary N) is 1. The smallest absolute Gasteiger partial charge is 0.309 e. The van der Waals surface area contributed by atoms with Gasteiger partial charge in [-0.25, -0.2) is 13.1 Å². The van der Waals surface area contributed by atoms with Gasteiger partial charge < -0.3 is 14.1 Å². The van der Waals surface area contributed by atoms with Crippen molar-refractivity contribution in [2.75, 3.05) is 16.4 Å². The van der Waals surface area contributed by atoms with Crippen LogP contribution in [-0.4, -0.2) is 20.1 Å². The summed E-state index contributed by atoms with van der Waals surface area (Å²) in [6, 6.07) is 27.4. The van der Waals surface area contributed by atoms with E-state index in [1.54, 1.807) is 36.4 Å². The Morgan fingerprint density at radius 1 is 0.917 bits per heavy atom. The molecule has 0 amide bonds. The maximum Gasteiger partial charge on any atom is 0.309 e. The third-order valence-corrected chi connectivity index (χ3v) is 7.56. The number of nitrogens with zero attached hydrogens (tertiary/aromatic N) is 2. The quantitative estimate of drug-likeness (QED) is 0.284. The van der Waals surface area contributed by atoms with Crippen LogP contribution >= 0.6 is 11.6 Å². The van der Waals surface area contributed by atoms with Gasteiger partial charge in [-0.3, -0.25) is 0 Å². The largest absolute Gasteiger partial charge is 0.471 e. The number of benzene rings is 4. The maximum absolute atomic E-state index is 13.5. The Hall–Kier alpha value is -4.01. The lowest BCUT2D eigenvalue weighted by atomic mass is 10.0. The first-order valence-corrected chi connectivity index (χ1v) is 13.1. The minimum atomic E-state index is -4.04.